The summed E-state index contributed by atoms with van der Waals surface area (Å²) in [7, 11) is 0. The summed E-state index contributed by atoms with van der Waals surface area (Å²) in [6.07, 6.45) is 2.58. The fourth-order valence-corrected chi connectivity index (χ4v) is 2.79. The lowest BCUT2D eigenvalue weighted by Crippen LogP contribution is -2.46. The van der Waals surface area contributed by atoms with E-state index in [0.29, 0.717) is 25.9 Å². The van der Waals surface area contributed by atoms with E-state index < -0.39 is 11.0 Å². The Hall–Kier alpha value is -2.09. The van der Waals surface area contributed by atoms with Crippen molar-refractivity contribution in [1.29, 1.82) is 5.26 Å². The van der Waals surface area contributed by atoms with Gasteiger partial charge in [0, 0.05) is 19.3 Å². The van der Waals surface area contributed by atoms with Crippen molar-refractivity contribution in [2.75, 3.05) is 13.1 Å². The van der Waals surface area contributed by atoms with E-state index in [1.54, 1.807) is 11.1 Å². The second-order valence-corrected chi connectivity index (χ2v) is 6.83. The molecular formula is C19H29N3O2. The van der Waals surface area contributed by atoms with Crippen molar-refractivity contribution in [3.8, 4) is 6.07 Å². The summed E-state index contributed by atoms with van der Waals surface area (Å²) in [4.78, 5) is 18.2. The predicted molar refractivity (Wildman–Crippen MR) is 94.7 cm³/mol. The van der Waals surface area contributed by atoms with Crippen LogP contribution in [-0.4, -0.2) is 34.7 Å². The summed E-state index contributed by atoms with van der Waals surface area (Å²) in [6.45, 7) is 12.6. The molecule has 1 aliphatic heterocycles. The molecule has 1 saturated heterocycles. The maximum atomic E-state index is 12.1. The van der Waals surface area contributed by atoms with Crippen molar-refractivity contribution < 1.29 is 9.53 Å². The minimum Gasteiger partial charge on any atom is -0.444 e. The van der Waals surface area contributed by atoms with Crippen molar-refractivity contribution in [2.24, 2.45) is 0 Å². The number of pyridine rings is 1. The molecule has 0 unspecified atom stereocenters. The standard InChI is InChI=1S/C17H23N3O2.C2H6/c1-13-6-5-9-19-14(13)17(12-18)7-10-20(11-8-17)15(21)22-16(2,3)4;1-2/h5-6,9H,7-8,10-11H2,1-4H3;1-2H3. The first kappa shape index (κ1) is 20.0. The summed E-state index contributed by atoms with van der Waals surface area (Å²) in [5.41, 5.74) is 0.749. The van der Waals surface area contributed by atoms with Crippen LogP contribution < -0.4 is 0 Å². The molecule has 1 aromatic heterocycles. The number of nitriles is 1. The number of aromatic nitrogens is 1. The smallest absolute Gasteiger partial charge is 0.410 e. The van der Waals surface area contributed by atoms with Gasteiger partial charge in [-0.3, -0.25) is 4.98 Å². The summed E-state index contributed by atoms with van der Waals surface area (Å²) in [6, 6.07) is 6.29. The van der Waals surface area contributed by atoms with Crippen LogP contribution in [0.25, 0.3) is 0 Å². The Morgan fingerprint density at radius 2 is 1.92 bits per heavy atom. The van der Waals surface area contributed by atoms with Gasteiger partial charge in [-0.1, -0.05) is 19.9 Å². The van der Waals surface area contributed by atoms with Gasteiger partial charge >= 0.3 is 6.09 Å². The molecule has 1 fully saturated rings. The monoisotopic (exact) mass is 331 g/mol. The van der Waals surface area contributed by atoms with Crippen LogP contribution in [0.3, 0.4) is 0 Å². The number of amides is 1. The number of nitrogens with zero attached hydrogens (tertiary/aromatic N) is 3. The molecule has 0 atom stereocenters. The van der Waals surface area contributed by atoms with Crippen LogP contribution in [0.5, 0.6) is 0 Å². The molecule has 0 aliphatic carbocycles. The van der Waals surface area contributed by atoms with Crippen LogP contribution in [0.2, 0.25) is 0 Å². The van der Waals surface area contributed by atoms with Gasteiger partial charge in [-0.25, -0.2) is 4.79 Å². The summed E-state index contributed by atoms with van der Waals surface area (Å²) in [5, 5.41) is 9.71. The van der Waals surface area contributed by atoms with Crippen LogP contribution in [0.15, 0.2) is 18.3 Å². The average Bonchev–Trinajstić information content (AvgIpc) is 2.55. The normalized spacial score (nSPS) is 16.5. The number of carbonyl (C=O) groups excluding carboxylic acids is 1. The van der Waals surface area contributed by atoms with Gasteiger partial charge in [-0.05, 0) is 52.2 Å². The third-order valence-electron chi connectivity index (χ3n) is 3.95. The number of piperidine rings is 1. The van der Waals surface area contributed by atoms with E-state index in [1.807, 2.05) is 53.7 Å². The van der Waals surface area contributed by atoms with Crippen molar-refractivity contribution in [2.45, 2.75) is 65.4 Å². The third-order valence-corrected chi connectivity index (χ3v) is 3.95. The average molecular weight is 331 g/mol. The maximum Gasteiger partial charge on any atom is 0.410 e. The van der Waals surface area contributed by atoms with Crippen LogP contribution >= 0.6 is 0 Å². The SMILES string of the molecule is CC.Cc1cccnc1C1(C#N)CCN(C(=O)OC(C)(C)C)CC1. The lowest BCUT2D eigenvalue weighted by Gasteiger charge is -2.37. The van der Waals surface area contributed by atoms with Gasteiger partial charge < -0.3 is 9.64 Å². The molecular weight excluding hydrogens is 302 g/mol. The van der Waals surface area contributed by atoms with Gasteiger partial charge in [-0.2, -0.15) is 5.26 Å². The van der Waals surface area contributed by atoms with E-state index in [9.17, 15) is 10.1 Å². The van der Waals surface area contributed by atoms with Gasteiger partial charge in [0.2, 0.25) is 0 Å². The fourth-order valence-electron chi connectivity index (χ4n) is 2.79. The van der Waals surface area contributed by atoms with Gasteiger partial charge in [-0.15, -0.1) is 0 Å². The Morgan fingerprint density at radius 3 is 2.38 bits per heavy atom. The van der Waals surface area contributed by atoms with Crippen molar-refractivity contribution in [3.63, 3.8) is 0 Å². The van der Waals surface area contributed by atoms with Crippen molar-refractivity contribution in [1.82, 2.24) is 9.88 Å². The molecule has 1 amide bonds. The van der Waals surface area contributed by atoms with Crippen LogP contribution in [0.1, 0.15) is 58.7 Å². The molecule has 0 aromatic carbocycles. The maximum absolute atomic E-state index is 12.1. The molecule has 0 spiro atoms. The number of aryl methyl sites for hydroxylation is 1. The van der Waals surface area contributed by atoms with Gasteiger partial charge in [0.25, 0.3) is 0 Å². The fraction of sp³-hybridized carbons (Fsp3) is 0.632. The number of likely N-dealkylation sites (tertiary alicyclic amines) is 1. The Bertz CT molecular complexity index is 591. The Labute approximate surface area is 145 Å². The number of hydrogen-bond donors (Lipinski definition) is 0. The minimum absolute atomic E-state index is 0.309. The number of hydrogen-bond acceptors (Lipinski definition) is 4. The van der Waals surface area contributed by atoms with Crippen LogP contribution in [0, 0.1) is 18.3 Å². The highest BCUT2D eigenvalue weighted by Gasteiger charge is 2.40. The lowest BCUT2D eigenvalue weighted by atomic mass is 9.75. The molecule has 2 rings (SSSR count). The predicted octanol–water partition coefficient (Wildman–Crippen LogP) is 4.21. The number of ether oxygens (including phenoxy) is 1. The topological polar surface area (TPSA) is 66.2 Å². The van der Waals surface area contributed by atoms with Gasteiger partial charge in [0.05, 0.1) is 11.8 Å². The quantitative estimate of drug-likeness (QED) is 0.773. The Kier molecular flexibility index (Phi) is 6.77. The first-order valence-corrected chi connectivity index (χ1v) is 8.59. The molecule has 24 heavy (non-hydrogen) atoms. The van der Waals surface area contributed by atoms with E-state index in [-0.39, 0.29) is 6.09 Å². The first-order chi connectivity index (χ1) is 11.3. The minimum atomic E-state index is -0.607. The lowest BCUT2D eigenvalue weighted by molar-refractivity contribution is 0.0184. The zero-order valence-corrected chi connectivity index (χ0v) is 15.7. The zero-order chi connectivity index (χ0) is 18.4. The van der Waals surface area contributed by atoms with E-state index in [4.69, 9.17) is 4.74 Å². The molecule has 5 heteroatoms. The van der Waals surface area contributed by atoms with E-state index >= 15 is 0 Å². The molecule has 5 nitrogen and oxygen atoms in total. The summed E-state index contributed by atoms with van der Waals surface area (Å²) in [5.74, 6) is 0. The first-order valence-electron chi connectivity index (χ1n) is 8.59. The van der Waals surface area contributed by atoms with Crippen LogP contribution in [0.4, 0.5) is 4.79 Å². The molecule has 0 radical (unpaired) electrons. The molecule has 132 valence electrons. The molecule has 0 N–H and O–H groups in total. The molecule has 0 bridgehead atoms. The van der Waals surface area contributed by atoms with E-state index in [1.165, 1.54) is 0 Å². The van der Waals surface area contributed by atoms with E-state index in [2.05, 4.69) is 11.1 Å². The molecule has 2 heterocycles. The van der Waals surface area contributed by atoms with Gasteiger partial charge in [0.15, 0.2) is 0 Å². The van der Waals surface area contributed by atoms with Crippen LogP contribution in [-0.2, 0) is 10.2 Å². The number of carbonyl (C=O) groups is 1. The van der Waals surface area contributed by atoms with Crippen molar-refractivity contribution >= 4 is 6.09 Å². The molecule has 1 aliphatic rings. The Morgan fingerprint density at radius 1 is 1.33 bits per heavy atom. The second kappa shape index (κ2) is 8.14. The Balaban J connectivity index is 0.00000139. The largest absolute Gasteiger partial charge is 0.444 e. The van der Waals surface area contributed by atoms with E-state index in [0.717, 1.165) is 11.3 Å². The molecule has 0 saturated carbocycles. The summed E-state index contributed by atoms with van der Waals surface area (Å²) < 4.78 is 5.40. The highest BCUT2D eigenvalue weighted by molar-refractivity contribution is 5.68. The highest BCUT2D eigenvalue weighted by atomic mass is 16.6. The van der Waals surface area contributed by atoms with Gasteiger partial charge in [0.1, 0.15) is 11.0 Å². The summed E-state index contributed by atoms with van der Waals surface area (Å²) >= 11 is 0. The second-order valence-electron chi connectivity index (χ2n) is 6.83. The zero-order valence-electron chi connectivity index (χ0n) is 15.7. The number of rotatable bonds is 1. The molecule has 1 aromatic rings. The third kappa shape index (κ3) is 4.70. The van der Waals surface area contributed by atoms with Crippen molar-refractivity contribution in [3.05, 3.63) is 29.6 Å². The highest BCUT2D eigenvalue weighted by Crippen LogP contribution is 2.35.